The van der Waals surface area contributed by atoms with E-state index >= 15 is 0 Å². The molecular weight excluding hydrogens is 332 g/mol. The van der Waals surface area contributed by atoms with Crippen molar-refractivity contribution in [3.63, 3.8) is 0 Å². The molecule has 1 aromatic heterocycles. The number of carbonyl (C=O) groups excluding carboxylic acids is 1. The maximum atomic E-state index is 11.5. The Morgan fingerprint density at radius 3 is 2.76 bits per heavy atom. The Morgan fingerprint density at radius 1 is 1.32 bits per heavy atom. The normalized spacial score (nSPS) is 21.9. The van der Waals surface area contributed by atoms with E-state index in [2.05, 4.69) is 46.8 Å². The summed E-state index contributed by atoms with van der Waals surface area (Å²) in [6, 6.07) is 8.71. The molecule has 5 nitrogen and oxygen atoms in total. The summed E-state index contributed by atoms with van der Waals surface area (Å²) >= 11 is 1.41. The molecule has 1 heterocycles. The fraction of sp³-hybridized carbons (Fsp3) is 0.526. The molecule has 0 aliphatic heterocycles. The minimum atomic E-state index is -0.327. The number of nitrogens with two attached hydrogens (primary N) is 1. The highest BCUT2D eigenvalue weighted by molar-refractivity contribution is 8.00. The molecule has 3 atom stereocenters. The number of aromatic nitrogens is 3. The van der Waals surface area contributed by atoms with E-state index in [0.717, 1.165) is 23.0 Å². The van der Waals surface area contributed by atoms with Crippen molar-refractivity contribution < 1.29 is 4.79 Å². The van der Waals surface area contributed by atoms with Gasteiger partial charge in [-0.25, -0.2) is 0 Å². The van der Waals surface area contributed by atoms with E-state index in [1.54, 1.807) is 0 Å². The molecule has 1 aromatic carbocycles. The molecule has 1 aliphatic carbocycles. The van der Waals surface area contributed by atoms with Gasteiger partial charge in [-0.05, 0) is 38.7 Å². The molecule has 1 fully saturated rings. The number of carbonyl (C=O) groups is 1. The van der Waals surface area contributed by atoms with Gasteiger partial charge in [-0.1, -0.05) is 55.3 Å². The zero-order chi connectivity index (χ0) is 18.0. The largest absolute Gasteiger partial charge is 0.369 e. The molecule has 1 amide bonds. The van der Waals surface area contributed by atoms with Crippen LogP contribution in [0.1, 0.15) is 51.1 Å². The van der Waals surface area contributed by atoms with Gasteiger partial charge in [0.1, 0.15) is 0 Å². The first-order valence-electron chi connectivity index (χ1n) is 8.95. The molecule has 1 aliphatic rings. The van der Waals surface area contributed by atoms with Crippen molar-refractivity contribution in [2.45, 2.75) is 62.9 Å². The molecule has 2 aromatic rings. The smallest absolute Gasteiger partial charge is 0.230 e. The van der Waals surface area contributed by atoms with E-state index in [0.29, 0.717) is 12.0 Å². The van der Waals surface area contributed by atoms with E-state index in [4.69, 9.17) is 5.73 Å². The first-order chi connectivity index (χ1) is 12.0. The summed E-state index contributed by atoms with van der Waals surface area (Å²) in [5.74, 6) is 1.13. The Bertz CT molecular complexity index is 758. The van der Waals surface area contributed by atoms with E-state index in [-0.39, 0.29) is 11.2 Å². The van der Waals surface area contributed by atoms with Crippen LogP contribution >= 0.6 is 11.8 Å². The standard InChI is InChI=1S/C19H26N4OS/c1-12-7-6-9-15(11-12)18-21-22-19(25-14(3)17(20)24)23(18)16-10-5-4-8-13(16)2/h6-7,9,11,13-14,16H,4-5,8,10H2,1-3H3,(H2,20,24)/t13-,14+,16+/m0/s1. The molecule has 3 rings (SSSR count). The van der Waals surface area contributed by atoms with Crippen molar-refractivity contribution in [3.05, 3.63) is 29.8 Å². The predicted molar refractivity (Wildman–Crippen MR) is 101 cm³/mol. The van der Waals surface area contributed by atoms with Crippen LogP contribution < -0.4 is 5.73 Å². The molecule has 25 heavy (non-hydrogen) atoms. The van der Waals surface area contributed by atoms with Gasteiger partial charge in [0.2, 0.25) is 5.91 Å². The van der Waals surface area contributed by atoms with Crippen molar-refractivity contribution in [1.82, 2.24) is 14.8 Å². The van der Waals surface area contributed by atoms with Crippen LogP contribution in [0.2, 0.25) is 0 Å². The van der Waals surface area contributed by atoms with Crippen molar-refractivity contribution in [2.24, 2.45) is 11.7 Å². The second kappa shape index (κ2) is 7.60. The number of aryl methyl sites for hydroxylation is 1. The summed E-state index contributed by atoms with van der Waals surface area (Å²) in [6.45, 7) is 6.21. The lowest BCUT2D eigenvalue weighted by molar-refractivity contribution is -0.117. The minimum absolute atomic E-state index is 0.326. The lowest BCUT2D eigenvalue weighted by atomic mass is 9.85. The molecule has 1 saturated carbocycles. The van der Waals surface area contributed by atoms with Crippen LogP contribution in [0.15, 0.2) is 29.4 Å². The van der Waals surface area contributed by atoms with Crippen LogP contribution in [0.25, 0.3) is 11.4 Å². The summed E-state index contributed by atoms with van der Waals surface area (Å²) in [5.41, 5.74) is 7.73. The number of thioether (sulfide) groups is 1. The van der Waals surface area contributed by atoms with E-state index < -0.39 is 0 Å². The van der Waals surface area contributed by atoms with Gasteiger partial charge in [-0.2, -0.15) is 0 Å². The second-order valence-corrected chi connectivity index (χ2v) is 8.35. The fourth-order valence-electron chi connectivity index (χ4n) is 3.53. The number of hydrogen-bond donors (Lipinski definition) is 1. The van der Waals surface area contributed by atoms with Gasteiger partial charge in [0, 0.05) is 11.6 Å². The molecule has 134 valence electrons. The third kappa shape index (κ3) is 3.89. The molecule has 0 radical (unpaired) electrons. The third-order valence-electron chi connectivity index (χ3n) is 5.02. The quantitative estimate of drug-likeness (QED) is 0.821. The number of hydrogen-bond acceptors (Lipinski definition) is 4. The highest BCUT2D eigenvalue weighted by Gasteiger charge is 2.29. The zero-order valence-corrected chi connectivity index (χ0v) is 15.9. The Hall–Kier alpha value is -1.82. The maximum absolute atomic E-state index is 11.5. The van der Waals surface area contributed by atoms with Gasteiger partial charge in [0.15, 0.2) is 11.0 Å². The summed E-state index contributed by atoms with van der Waals surface area (Å²) in [5, 5.41) is 9.38. The number of nitrogens with zero attached hydrogens (tertiary/aromatic N) is 3. The Labute approximate surface area is 153 Å². The molecule has 0 bridgehead atoms. The predicted octanol–water partition coefficient (Wildman–Crippen LogP) is 3.97. The number of primary amides is 1. The van der Waals surface area contributed by atoms with E-state index in [1.807, 2.05) is 13.0 Å². The van der Waals surface area contributed by atoms with Gasteiger partial charge < -0.3 is 5.73 Å². The molecule has 6 heteroatoms. The summed E-state index contributed by atoms with van der Waals surface area (Å²) in [6.07, 6.45) is 4.83. The van der Waals surface area contributed by atoms with Crippen LogP contribution in [-0.4, -0.2) is 25.9 Å². The lowest BCUT2D eigenvalue weighted by Gasteiger charge is -2.31. The van der Waals surface area contributed by atoms with Gasteiger partial charge >= 0.3 is 0 Å². The monoisotopic (exact) mass is 358 g/mol. The van der Waals surface area contributed by atoms with Crippen LogP contribution in [0.3, 0.4) is 0 Å². The average molecular weight is 359 g/mol. The van der Waals surface area contributed by atoms with Crippen molar-refractivity contribution >= 4 is 17.7 Å². The maximum Gasteiger partial charge on any atom is 0.230 e. The van der Waals surface area contributed by atoms with Crippen molar-refractivity contribution in [2.75, 3.05) is 0 Å². The van der Waals surface area contributed by atoms with Crippen molar-refractivity contribution in [3.8, 4) is 11.4 Å². The number of amides is 1. The molecule has 0 saturated heterocycles. The fourth-order valence-corrected chi connectivity index (χ4v) is 4.39. The molecule has 2 N–H and O–H groups in total. The van der Waals surface area contributed by atoms with Crippen molar-refractivity contribution in [1.29, 1.82) is 0 Å². The molecule has 0 unspecified atom stereocenters. The molecular formula is C19H26N4OS. The Balaban J connectivity index is 2.05. The third-order valence-corrected chi connectivity index (χ3v) is 6.10. The Kier molecular flexibility index (Phi) is 5.47. The zero-order valence-electron chi connectivity index (χ0n) is 15.1. The van der Waals surface area contributed by atoms with Crippen LogP contribution in [-0.2, 0) is 4.79 Å². The topological polar surface area (TPSA) is 73.8 Å². The van der Waals surface area contributed by atoms with Gasteiger partial charge in [-0.15, -0.1) is 10.2 Å². The summed E-state index contributed by atoms with van der Waals surface area (Å²) in [7, 11) is 0. The van der Waals surface area contributed by atoms with Crippen LogP contribution in [0.5, 0.6) is 0 Å². The average Bonchev–Trinajstić information content (AvgIpc) is 2.98. The van der Waals surface area contributed by atoms with E-state index in [1.165, 1.54) is 36.6 Å². The summed E-state index contributed by atoms with van der Waals surface area (Å²) < 4.78 is 2.25. The van der Waals surface area contributed by atoms with E-state index in [9.17, 15) is 4.79 Å². The molecule has 0 spiro atoms. The van der Waals surface area contributed by atoms with Gasteiger partial charge in [-0.3, -0.25) is 9.36 Å². The lowest BCUT2D eigenvalue weighted by Crippen LogP contribution is -2.25. The second-order valence-electron chi connectivity index (χ2n) is 7.04. The first kappa shape index (κ1) is 18.0. The number of benzene rings is 1. The SMILES string of the molecule is Cc1cccc(-c2nnc(S[C@H](C)C(N)=O)n2[C@@H]2CCCC[C@@H]2C)c1. The van der Waals surface area contributed by atoms with Crippen LogP contribution in [0, 0.1) is 12.8 Å². The van der Waals surface area contributed by atoms with Gasteiger partial charge in [0.25, 0.3) is 0 Å². The van der Waals surface area contributed by atoms with Crippen LogP contribution in [0.4, 0.5) is 0 Å². The first-order valence-corrected chi connectivity index (χ1v) is 9.83. The summed E-state index contributed by atoms with van der Waals surface area (Å²) in [4.78, 5) is 11.5. The highest BCUT2D eigenvalue weighted by Crippen LogP contribution is 2.39. The minimum Gasteiger partial charge on any atom is -0.369 e. The highest BCUT2D eigenvalue weighted by atomic mass is 32.2. The Morgan fingerprint density at radius 2 is 2.08 bits per heavy atom. The number of rotatable bonds is 5. The van der Waals surface area contributed by atoms with Gasteiger partial charge in [0.05, 0.1) is 5.25 Å².